The van der Waals surface area contributed by atoms with Crippen LogP contribution in [0.5, 0.6) is 0 Å². The highest BCUT2D eigenvalue weighted by Crippen LogP contribution is 2.15. The molecule has 0 saturated heterocycles. The molecular formula is C14H19ClN4. The van der Waals surface area contributed by atoms with Gasteiger partial charge in [0.05, 0.1) is 17.3 Å². The van der Waals surface area contributed by atoms with Gasteiger partial charge < -0.3 is 5.32 Å². The fourth-order valence-corrected chi connectivity index (χ4v) is 1.88. The first kappa shape index (κ1) is 14.0. The number of nitrogens with one attached hydrogen (secondary N) is 1. The zero-order valence-corrected chi connectivity index (χ0v) is 12.3. The van der Waals surface area contributed by atoms with Crippen LogP contribution >= 0.6 is 11.6 Å². The molecule has 0 aliphatic carbocycles. The average molecular weight is 279 g/mol. The summed E-state index contributed by atoms with van der Waals surface area (Å²) < 4.78 is 1.96. The summed E-state index contributed by atoms with van der Waals surface area (Å²) in [6.45, 7) is 7.88. The van der Waals surface area contributed by atoms with E-state index in [1.54, 1.807) is 12.4 Å². The van der Waals surface area contributed by atoms with E-state index in [1.165, 1.54) is 0 Å². The minimum Gasteiger partial charge on any atom is -0.306 e. The van der Waals surface area contributed by atoms with Crippen LogP contribution in [0.15, 0.2) is 30.7 Å². The second kappa shape index (κ2) is 5.72. The predicted molar refractivity (Wildman–Crippen MR) is 77.2 cm³/mol. The van der Waals surface area contributed by atoms with E-state index in [9.17, 15) is 0 Å². The summed E-state index contributed by atoms with van der Waals surface area (Å²) in [4.78, 5) is 3.99. The smallest absolute Gasteiger partial charge is 0.0678 e. The molecule has 4 nitrogen and oxygen atoms in total. The van der Waals surface area contributed by atoms with E-state index in [1.807, 2.05) is 23.0 Å². The molecule has 2 heterocycles. The molecule has 19 heavy (non-hydrogen) atoms. The standard InChI is InChI=1S/C14H19ClN4/c1-14(2,3)17-8-12-5-7-18-19(12)10-11-4-6-16-9-13(11)15/h4-7,9,17H,8,10H2,1-3H3. The Bertz CT molecular complexity index is 542. The van der Waals surface area contributed by atoms with Gasteiger partial charge in [0.15, 0.2) is 0 Å². The van der Waals surface area contributed by atoms with E-state index < -0.39 is 0 Å². The molecule has 0 aliphatic heterocycles. The van der Waals surface area contributed by atoms with Crippen molar-refractivity contribution < 1.29 is 0 Å². The Hall–Kier alpha value is -1.39. The van der Waals surface area contributed by atoms with Gasteiger partial charge in [0.2, 0.25) is 0 Å². The number of hydrogen-bond acceptors (Lipinski definition) is 3. The van der Waals surface area contributed by atoms with Crippen molar-refractivity contribution in [2.45, 2.75) is 39.4 Å². The van der Waals surface area contributed by atoms with Crippen LogP contribution in [-0.4, -0.2) is 20.3 Å². The number of halogens is 1. The highest BCUT2D eigenvalue weighted by Gasteiger charge is 2.11. The van der Waals surface area contributed by atoms with Crippen LogP contribution in [0.2, 0.25) is 5.02 Å². The van der Waals surface area contributed by atoms with Crippen LogP contribution in [0.25, 0.3) is 0 Å². The van der Waals surface area contributed by atoms with Crippen molar-refractivity contribution in [2.75, 3.05) is 0 Å². The van der Waals surface area contributed by atoms with Crippen LogP contribution in [-0.2, 0) is 13.1 Å². The molecule has 102 valence electrons. The summed E-state index contributed by atoms with van der Waals surface area (Å²) in [5, 5.41) is 8.48. The Labute approximate surface area is 118 Å². The summed E-state index contributed by atoms with van der Waals surface area (Å²) in [7, 11) is 0. The Balaban J connectivity index is 2.10. The van der Waals surface area contributed by atoms with Crippen molar-refractivity contribution in [2.24, 2.45) is 0 Å². The van der Waals surface area contributed by atoms with Gasteiger partial charge in [0, 0.05) is 30.7 Å². The quantitative estimate of drug-likeness (QED) is 0.935. The van der Waals surface area contributed by atoms with E-state index in [0.717, 1.165) is 17.8 Å². The summed E-state index contributed by atoms with van der Waals surface area (Å²) in [5.74, 6) is 0. The minimum atomic E-state index is 0.0867. The number of nitrogens with zero attached hydrogens (tertiary/aromatic N) is 3. The highest BCUT2D eigenvalue weighted by atomic mass is 35.5. The molecule has 2 aromatic heterocycles. The third-order valence-corrected chi connectivity index (χ3v) is 3.12. The first-order valence-electron chi connectivity index (χ1n) is 6.30. The Morgan fingerprint density at radius 1 is 1.26 bits per heavy atom. The zero-order valence-electron chi connectivity index (χ0n) is 11.5. The number of aromatic nitrogens is 3. The van der Waals surface area contributed by atoms with E-state index in [0.29, 0.717) is 11.6 Å². The molecule has 2 aromatic rings. The van der Waals surface area contributed by atoms with Crippen molar-refractivity contribution in [1.29, 1.82) is 0 Å². The lowest BCUT2D eigenvalue weighted by atomic mass is 10.1. The van der Waals surface area contributed by atoms with E-state index in [4.69, 9.17) is 11.6 Å². The lowest BCUT2D eigenvalue weighted by molar-refractivity contribution is 0.414. The first-order chi connectivity index (χ1) is 8.96. The largest absolute Gasteiger partial charge is 0.306 e. The molecule has 0 aliphatic rings. The van der Waals surface area contributed by atoms with Crippen LogP contribution in [0.1, 0.15) is 32.0 Å². The van der Waals surface area contributed by atoms with Crippen molar-refractivity contribution >= 4 is 11.6 Å². The zero-order chi connectivity index (χ0) is 13.9. The molecule has 0 fully saturated rings. The summed E-state index contributed by atoms with van der Waals surface area (Å²) >= 11 is 6.12. The molecule has 0 saturated carbocycles. The van der Waals surface area contributed by atoms with Gasteiger partial charge in [-0.25, -0.2) is 0 Å². The normalized spacial score (nSPS) is 11.8. The van der Waals surface area contributed by atoms with Gasteiger partial charge in [-0.2, -0.15) is 5.10 Å². The van der Waals surface area contributed by atoms with Crippen molar-refractivity contribution in [3.8, 4) is 0 Å². The lowest BCUT2D eigenvalue weighted by Crippen LogP contribution is -2.35. The summed E-state index contributed by atoms with van der Waals surface area (Å²) in [5.41, 5.74) is 2.25. The van der Waals surface area contributed by atoms with Gasteiger partial charge in [-0.3, -0.25) is 9.67 Å². The Morgan fingerprint density at radius 2 is 2.05 bits per heavy atom. The van der Waals surface area contributed by atoms with Gasteiger partial charge >= 0.3 is 0 Å². The molecule has 0 spiro atoms. The number of hydrogen-bond donors (Lipinski definition) is 1. The minimum absolute atomic E-state index is 0.0867. The highest BCUT2D eigenvalue weighted by molar-refractivity contribution is 6.31. The molecule has 0 bridgehead atoms. The molecule has 5 heteroatoms. The van der Waals surface area contributed by atoms with Crippen LogP contribution in [0.4, 0.5) is 0 Å². The molecule has 0 aromatic carbocycles. The van der Waals surface area contributed by atoms with Crippen molar-refractivity contribution in [3.05, 3.63) is 47.0 Å². The molecule has 0 radical (unpaired) electrons. The summed E-state index contributed by atoms with van der Waals surface area (Å²) in [6, 6.07) is 3.94. The SMILES string of the molecule is CC(C)(C)NCc1ccnn1Cc1ccncc1Cl. The first-order valence-corrected chi connectivity index (χ1v) is 6.67. The summed E-state index contributed by atoms with van der Waals surface area (Å²) in [6.07, 6.45) is 5.22. The maximum absolute atomic E-state index is 6.12. The van der Waals surface area contributed by atoms with Gasteiger partial charge in [-0.05, 0) is 38.5 Å². The molecule has 0 atom stereocenters. The maximum atomic E-state index is 6.12. The Morgan fingerprint density at radius 3 is 2.74 bits per heavy atom. The molecule has 1 N–H and O–H groups in total. The van der Waals surface area contributed by atoms with Crippen molar-refractivity contribution in [1.82, 2.24) is 20.1 Å². The second-order valence-corrected chi connectivity index (χ2v) is 5.96. The fraction of sp³-hybridized carbons (Fsp3) is 0.429. The number of pyridine rings is 1. The number of rotatable bonds is 4. The second-order valence-electron chi connectivity index (χ2n) is 5.55. The predicted octanol–water partition coefficient (Wildman–Crippen LogP) is 2.87. The Kier molecular flexibility index (Phi) is 4.22. The van der Waals surface area contributed by atoms with Gasteiger partial charge in [-0.15, -0.1) is 0 Å². The molecule has 2 rings (SSSR count). The third kappa shape index (κ3) is 4.04. The molecular weight excluding hydrogens is 260 g/mol. The molecule has 0 unspecified atom stereocenters. The van der Waals surface area contributed by atoms with Crippen LogP contribution in [0.3, 0.4) is 0 Å². The van der Waals surface area contributed by atoms with Gasteiger partial charge in [0.1, 0.15) is 0 Å². The van der Waals surface area contributed by atoms with E-state index >= 15 is 0 Å². The van der Waals surface area contributed by atoms with Crippen LogP contribution < -0.4 is 5.32 Å². The fourth-order valence-electron chi connectivity index (χ4n) is 1.70. The maximum Gasteiger partial charge on any atom is 0.0678 e. The monoisotopic (exact) mass is 278 g/mol. The average Bonchev–Trinajstić information content (AvgIpc) is 2.76. The van der Waals surface area contributed by atoms with Crippen molar-refractivity contribution in [3.63, 3.8) is 0 Å². The topological polar surface area (TPSA) is 42.7 Å². The van der Waals surface area contributed by atoms with E-state index in [2.05, 4.69) is 36.2 Å². The van der Waals surface area contributed by atoms with Crippen LogP contribution in [0, 0.1) is 0 Å². The molecule has 0 amide bonds. The lowest BCUT2D eigenvalue weighted by Gasteiger charge is -2.20. The van der Waals surface area contributed by atoms with Gasteiger partial charge in [0.25, 0.3) is 0 Å². The van der Waals surface area contributed by atoms with Gasteiger partial charge in [-0.1, -0.05) is 11.6 Å². The third-order valence-electron chi connectivity index (χ3n) is 2.78. The van der Waals surface area contributed by atoms with E-state index in [-0.39, 0.29) is 5.54 Å².